The molecule has 0 amide bonds. The van der Waals surface area contributed by atoms with Crippen molar-refractivity contribution in [1.29, 1.82) is 0 Å². The fraction of sp³-hybridized carbons (Fsp3) is 0.333. The van der Waals surface area contributed by atoms with Gasteiger partial charge in [0.05, 0.1) is 31.0 Å². The van der Waals surface area contributed by atoms with Gasteiger partial charge >= 0.3 is 11.9 Å². The van der Waals surface area contributed by atoms with E-state index in [0.29, 0.717) is 11.1 Å². The van der Waals surface area contributed by atoms with Crippen molar-refractivity contribution in [3.05, 3.63) is 65.2 Å². The first-order valence-electron chi connectivity index (χ1n) is 8.85. The summed E-state index contributed by atoms with van der Waals surface area (Å²) in [4.78, 5) is 25.2. The predicted molar refractivity (Wildman–Crippen MR) is 102 cm³/mol. The fourth-order valence-corrected chi connectivity index (χ4v) is 5.87. The normalized spacial score (nSPS) is 21.5. The summed E-state index contributed by atoms with van der Waals surface area (Å²) in [5, 5.41) is -1.24. The molecule has 0 bridgehead atoms. The van der Waals surface area contributed by atoms with Gasteiger partial charge in [-0.25, -0.2) is 8.42 Å². The minimum Gasteiger partial charge on any atom is -0.469 e. The molecule has 0 unspecified atom stereocenters. The molecular weight excluding hydrogens is 380 g/mol. The average molecular weight is 402 g/mol. The number of esters is 2. The van der Waals surface area contributed by atoms with Gasteiger partial charge in [-0.15, -0.1) is 0 Å². The third kappa shape index (κ3) is 3.42. The molecule has 1 aliphatic rings. The number of hydrogen-bond donors (Lipinski definition) is 0. The van der Waals surface area contributed by atoms with Crippen LogP contribution in [0, 0.1) is 18.8 Å². The summed E-state index contributed by atoms with van der Waals surface area (Å²) in [7, 11) is -1.57. The van der Waals surface area contributed by atoms with Crippen LogP contribution in [0.3, 0.4) is 0 Å². The molecule has 7 heteroatoms. The fourth-order valence-electron chi connectivity index (χ4n) is 3.81. The molecule has 0 N–H and O–H groups in total. The first-order valence-corrected chi connectivity index (χ1v) is 10.4. The van der Waals surface area contributed by atoms with Crippen LogP contribution in [-0.2, 0) is 35.3 Å². The Bertz CT molecular complexity index is 994. The van der Waals surface area contributed by atoms with Crippen molar-refractivity contribution in [1.82, 2.24) is 0 Å². The van der Waals surface area contributed by atoms with Crippen molar-refractivity contribution in [3.8, 4) is 0 Å². The number of fused-ring (bicyclic) bond motifs is 1. The SMILES string of the molecule is COC(=O)[C@H]1[C@H](C(=O)OC)Cc2ccccc2[C@@H]1S(=O)(=O)c1ccc(C)cc1. The monoisotopic (exact) mass is 402 g/mol. The average Bonchev–Trinajstić information content (AvgIpc) is 2.71. The summed E-state index contributed by atoms with van der Waals surface area (Å²) < 4.78 is 36.9. The molecule has 0 aromatic heterocycles. The van der Waals surface area contributed by atoms with Crippen LogP contribution in [0.25, 0.3) is 0 Å². The van der Waals surface area contributed by atoms with Crippen molar-refractivity contribution in [3.63, 3.8) is 0 Å². The Morgan fingerprint density at radius 3 is 2.14 bits per heavy atom. The Morgan fingerprint density at radius 1 is 0.929 bits per heavy atom. The molecule has 0 heterocycles. The van der Waals surface area contributed by atoms with E-state index in [1.807, 2.05) is 6.92 Å². The third-order valence-corrected chi connectivity index (χ3v) is 7.37. The molecule has 3 rings (SSSR count). The van der Waals surface area contributed by atoms with Crippen LogP contribution in [0.4, 0.5) is 0 Å². The molecule has 0 saturated heterocycles. The Kier molecular flexibility index (Phi) is 5.56. The van der Waals surface area contributed by atoms with E-state index in [1.54, 1.807) is 36.4 Å². The maximum atomic E-state index is 13.6. The zero-order valence-electron chi connectivity index (χ0n) is 15.9. The van der Waals surface area contributed by atoms with Crippen molar-refractivity contribution < 1.29 is 27.5 Å². The van der Waals surface area contributed by atoms with Crippen LogP contribution in [0.5, 0.6) is 0 Å². The smallest absolute Gasteiger partial charge is 0.311 e. The first kappa shape index (κ1) is 20.1. The highest BCUT2D eigenvalue weighted by Crippen LogP contribution is 2.46. The van der Waals surface area contributed by atoms with Gasteiger partial charge in [0.25, 0.3) is 0 Å². The van der Waals surface area contributed by atoms with Crippen molar-refractivity contribution in [2.24, 2.45) is 11.8 Å². The maximum Gasteiger partial charge on any atom is 0.311 e. The first-order chi connectivity index (χ1) is 13.3. The van der Waals surface area contributed by atoms with E-state index < -0.39 is 38.9 Å². The van der Waals surface area contributed by atoms with E-state index in [0.717, 1.165) is 5.56 Å². The number of methoxy groups -OCH3 is 2. The molecule has 2 aromatic carbocycles. The van der Waals surface area contributed by atoms with Gasteiger partial charge in [-0.2, -0.15) is 0 Å². The van der Waals surface area contributed by atoms with Gasteiger partial charge in [0.15, 0.2) is 9.84 Å². The molecule has 0 fully saturated rings. The minimum absolute atomic E-state index is 0.0947. The molecule has 0 radical (unpaired) electrons. The summed E-state index contributed by atoms with van der Waals surface area (Å²) in [5.74, 6) is -3.52. The van der Waals surface area contributed by atoms with Gasteiger partial charge < -0.3 is 9.47 Å². The number of benzene rings is 2. The van der Waals surface area contributed by atoms with Gasteiger partial charge in [0.2, 0.25) is 0 Å². The lowest BCUT2D eigenvalue weighted by atomic mass is 9.75. The highest BCUT2D eigenvalue weighted by molar-refractivity contribution is 7.91. The van der Waals surface area contributed by atoms with E-state index in [9.17, 15) is 18.0 Å². The number of rotatable bonds is 4. The molecule has 0 spiro atoms. The van der Waals surface area contributed by atoms with Crippen LogP contribution >= 0.6 is 0 Å². The van der Waals surface area contributed by atoms with Gasteiger partial charge in [0.1, 0.15) is 5.25 Å². The van der Waals surface area contributed by atoms with Crippen LogP contribution in [0.2, 0.25) is 0 Å². The van der Waals surface area contributed by atoms with Gasteiger partial charge in [0, 0.05) is 0 Å². The van der Waals surface area contributed by atoms with Gasteiger partial charge in [-0.05, 0) is 36.6 Å². The second kappa shape index (κ2) is 7.75. The van der Waals surface area contributed by atoms with Crippen molar-refractivity contribution in [2.75, 3.05) is 14.2 Å². The number of ether oxygens (including phenoxy) is 2. The zero-order chi connectivity index (χ0) is 20.5. The van der Waals surface area contributed by atoms with E-state index >= 15 is 0 Å². The van der Waals surface area contributed by atoms with E-state index in [1.165, 1.54) is 26.4 Å². The molecule has 1 aliphatic carbocycles. The number of aryl methyl sites for hydroxylation is 1. The maximum absolute atomic E-state index is 13.6. The molecule has 0 aliphatic heterocycles. The highest BCUT2D eigenvalue weighted by Gasteiger charge is 2.51. The van der Waals surface area contributed by atoms with Crippen molar-refractivity contribution >= 4 is 21.8 Å². The van der Waals surface area contributed by atoms with Crippen molar-refractivity contribution in [2.45, 2.75) is 23.5 Å². The largest absolute Gasteiger partial charge is 0.469 e. The lowest BCUT2D eigenvalue weighted by Gasteiger charge is -2.36. The Balaban J connectivity index is 2.25. The second-order valence-electron chi connectivity index (χ2n) is 6.86. The van der Waals surface area contributed by atoms with E-state index in [4.69, 9.17) is 9.47 Å². The van der Waals surface area contributed by atoms with Gasteiger partial charge in [-0.3, -0.25) is 9.59 Å². The topological polar surface area (TPSA) is 86.7 Å². The molecule has 28 heavy (non-hydrogen) atoms. The lowest BCUT2D eigenvalue weighted by molar-refractivity contribution is -0.158. The molecule has 148 valence electrons. The summed E-state index contributed by atoms with van der Waals surface area (Å²) >= 11 is 0. The van der Waals surface area contributed by atoms with Gasteiger partial charge in [-0.1, -0.05) is 42.0 Å². The molecule has 0 saturated carbocycles. The van der Waals surface area contributed by atoms with E-state index in [-0.39, 0.29) is 11.3 Å². The number of hydrogen-bond acceptors (Lipinski definition) is 6. The van der Waals surface area contributed by atoms with E-state index in [2.05, 4.69) is 0 Å². The molecule has 6 nitrogen and oxygen atoms in total. The Hall–Kier alpha value is -2.67. The summed E-state index contributed by atoms with van der Waals surface area (Å²) in [6.45, 7) is 1.86. The quantitative estimate of drug-likeness (QED) is 0.731. The number of carbonyl (C=O) groups excluding carboxylic acids is 2. The molecule has 3 atom stereocenters. The summed E-state index contributed by atoms with van der Waals surface area (Å²) in [5.41, 5.74) is 2.14. The minimum atomic E-state index is -3.98. The summed E-state index contributed by atoms with van der Waals surface area (Å²) in [6, 6.07) is 13.4. The van der Waals surface area contributed by atoms with Crippen LogP contribution < -0.4 is 0 Å². The summed E-state index contributed by atoms with van der Waals surface area (Å²) in [6.07, 6.45) is 0.211. The standard InChI is InChI=1S/C21H22O6S/c1-13-8-10-15(11-9-13)28(24,25)19-16-7-5-4-6-14(16)12-17(20(22)26-2)18(19)21(23)27-3/h4-11,17-19H,12H2,1-3H3/t17-,18+,19+/m1/s1. The second-order valence-corrected chi connectivity index (χ2v) is 8.93. The van der Waals surface area contributed by atoms with Crippen LogP contribution in [-0.4, -0.2) is 34.6 Å². The zero-order valence-corrected chi connectivity index (χ0v) is 16.7. The Labute approximate surface area is 164 Å². The van der Waals surface area contributed by atoms with Crippen LogP contribution in [0.15, 0.2) is 53.4 Å². The number of carbonyl (C=O) groups is 2. The predicted octanol–water partition coefficient (Wildman–Crippen LogP) is 2.64. The molecule has 2 aromatic rings. The third-order valence-electron chi connectivity index (χ3n) is 5.22. The molecular formula is C21H22O6S. The highest BCUT2D eigenvalue weighted by atomic mass is 32.2. The van der Waals surface area contributed by atoms with Crippen LogP contribution in [0.1, 0.15) is 21.9 Å². The number of sulfone groups is 1. The Morgan fingerprint density at radius 2 is 1.54 bits per heavy atom. The lowest BCUT2D eigenvalue weighted by Crippen LogP contribution is -2.43.